The quantitative estimate of drug-likeness (QED) is 0.274. The Morgan fingerprint density at radius 3 is 2.27 bits per heavy atom. The minimum atomic E-state index is -1.85. The molecule has 0 radical (unpaired) electrons. The van der Waals surface area contributed by atoms with Crippen LogP contribution < -0.4 is 4.74 Å². The van der Waals surface area contributed by atoms with Gasteiger partial charge in [0.1, 0.15) is 24.4 Å². The maximum absolute atomic E-state index is 12.0. The van der Waals surface area contributed by atoms with E-state index in [1.54, 1.807) is 27.7 Å². The third-order valence-electron chi connectivity index (χ3n) is 4.62. The van der Waals surface area contributed by atoms with Crippen molar-refractivity contribution in [2.24, 2.45) is 11.8 Å². The van der Waals surface area contributed by atoms with E-state index in [1.165, 1.54) is 18.2 Å². The summed E-state index contributed by atoms with van der Waals surface area (Å²) in [6, 6.07) is 3.90. The largest absolute Gasteiger partial charge is 0.457 e. The van der Waals surface area contributed by atoms with E-state index < -0.39 is 53.6 Å². The zero-order valence-electron chi connectivity index (χ0n) is 17.0. The molecule has 168 valence electrons. The number of nitro groups is 1. The van der Waals surface area contributed by atoms with Crippen LogP contribution in [0, 0.1) is 22.0 Å². The average molecular weight is 429 g/mol. The van der Waals surface area contributed by atoms with Crippen molar-refractivity contribution in [2.75, 3.05) is 0 Å². The Hall–Kier alpha value is -2.31. The van der Waals surface area contributed by atoms with Crippen LogP contribution in [0.25, 0.3) is 0 Å². The molecule has 0 aromatic heterocycles. The number of nitro benzene ring substituents is 1. The first-order valence-electron chi connectivity index (χ1n) is 9.47. The molecule has 0 spiro atoms. The van der Waals surface area contributed by atoms with Crippen LogP contribution in [-0.2, 0) is 14.3 Å². The van der Waals surface area contributed by atoms with Crippen LogP contribution in [0.1, 0.15) is 39.4 Å². The molecule has 1 aliphatic heterocycles. The van der Waals surface area contributed by atoms with E-state index in [4.69, 9.17) is 14.2 Å². The van der Waals surface area contributed by atoms with Crippen molar-refractivity contribution >= 4 is 11.7 Å². The fraction of sp³-hybridized carbons (Fsp3) is 0.632. The van der Waals surface area contributed by atoms with E-state index in [2.05, 4.69) is 0 Å². The maximum Gasteiger partial charge on any atom is 0.311 e. The number of carbonyl (C=O) groups excluding carboxylic acids is 1. The van der Waals surface area contributed by atoms with E-state index >= 15 is 0 Å². The second-order valence-corrected chi connectivity index (χ2v) is 7.73. The van der Waals surface area contributed by atoms with Gasteiger partial charge in [-0.1, -0.05) is 33.8 Å². The molecule has 30 heavy (non-hydrogen) atoms. The number of aliphatic hydroxyl groups excluding tert-OH is 4. The summed E-state index contributed by atoms with van der Waals surface area (Å²) in [5, 5.41) is 50.4. The lowest BCUT2D eigenvalue weighted by molar-refractivity contribution is -0.387. The van der Waals surface area contributed by atoms with Crippen molar-refractivity contribution in [3.05, 3.63) is 33.9 Å². The number of aliphatic hydroxyl groups is 4. The molecule has 11 nitrogen and oxygen atoms in total. The third-order valence-corrected chi connectivity index (χ3v) is 4.62. The van der Waals surface area contributed by atoms with Gasteiger partial charge in [-0.3, -0.25) is 14.9 Å². The predicted octanol–water partition coefficient (Wildman–Crippen LogP) is 0.627. The van der Waals surface area contributed by atoms with Crippen LogP contribution in [0.5, 0.6) is 5.75 Å². The Kier molecular flexibility index (Phi) is 7.72. The molecule has 4 N–H and O–H groups in total. The van der Waals surface area contributed by atoms with Crippen LogP contribution in [0.15, 0.2) is 18.2 Å². The molecular weight excluding hydrogens is 402 g/mol. The average Bonchev–Trinajstić information content (AvgIpc) is 2.68. The first kappa shape index (κ1) is 24.0. The Balaban J connectivity index is 2.32. The summed E-state index contributed by atoms with van der Waals surface area (Å²) < 4.78 is 15.7. The zero-order valence-corrected chi connectivity index (χ0v) is 17.0. The first-order chi connectivity index (χ1) is 13.9. The standard InChI is InChI=1S/C19H27NO10/c1-8(2)16(29-17(24)9(3)4)10-5-6-12(11(7-10)20(26)27)28-19-15(23)13(21)14(22)18(25)30-19/h5-9,13-16,18-19,21-23,25H,1-4H3. The van der Waals surface area contributed by atoms with E-state index in [-0.39, 0.29) is 17.6 Å². The summed E-state index contributed by atoms with van der Waals surface area (Å²) in [7, 11) is 0. The van der Waals surface area contributed by atoms with E-state index in [0.29, 0.717) is 5.56 Å². The third kappa shape index (κ3) is 5.24. The topological polar surface area (TPSA) is 169 Å². The van der Waals surface area contributed by atoms with Gasteiger partial charge in [-0.05, 0) is 17.5 Å². The maximum atomic E-state index is 12.0. The lowest BCUT2D eigenvalue weighted by atomic mass is 9.98. The fourth-order valence-electron chi connectivity index (χ4n) is 2.86. The van der Waals surface area contributed by atoms with Crippen LogP contribution in [0.2, 0.25) is 0 Å². The highest BCUT2D eigenvalue weighted by atomic mass is 16.7. The zero-order chi connectivity index (χ0) is 22.7. The number of esters is 1. The molecule has 1 fully saturated rings. The minimum absolute atomic E-state index is 0.172. The highest BCUT2D eigenvalue weighted by Gasteiger charge is 2.45. The Morgan fingerprint density at radius 1 is 1.10 bits per heavy atom. The molecule has 1 aromatic rings. The summed E-state index contributed by atoms with van der Waals surface area (Å²) in [4.78, 5) is 22.9. The highest BCUT2D eigenvalue weighted by Crippen LogP contribution is 2.36. The summed E-state index contributed by atoms with van der Waals surface area (Å²) in [6.45, 7) is 6.95. The van der Waals surface area contributed by atoms with Gasteiger partial charge in [0.25, 0.3) is 0 Å². The van der Waals surface area contributed by atoms with Gasteiger partial charge in [0, 0.05) is 6.07 Å². The van der Waals surface area contributed by atoms with Crippen molar-refractivity contribution in [1.82, 2.24) is 0 Å². The van der Waals surface area contributed by atoms with Crippen molar-refractivity contribution in [3.8, 4) is 5.75 Å². The number of hydrogen-bond donors (Lipinski definition) is 4. The van der Waals surface area contributed by atoms with Gasteiger partial charge < -0.3 is 34.6 Å². The Labute approximate surface area is 173 Å². The van der Waals surface area contributed by atoms with Crippen molar-refractivity contribution in [1.29, 1.82) is 0 Å². The number of carbonyl (C=O) groups is 1. The lowest BCUT2D eigenvalue weighted by Gasteiger charge is -2.37. The predicted molar refractivity (Wildman–Crippen MR) is 101 cm³/mol. The van der Waals surface area contributed by atoms with E-state index in [1.807, 2.05) is 0 Å². The van der Waals surface area contributed by atoms with Crippen molar-refractivity contribution in [2.45, 2.75) is 64.7 Å². The molecule has 6 unspecified atom stereocenters. The van der Waals surface area contributed by atoms with Gasteiger partial charge in [-0.25, -0.2) is 0 Å². The fourth-order valence-corrected chi connectivity index (χ4v) is 2.86. The molecule has 1 heterocycles. The Morgan fingerprint density at radius 2 is 1.73 bits per heavy atom. The van der Waals surface area contributed by atoms with Crippen LogP contribution >= 0.6 is 0 Å². The molecule has 11 heteroatoms. The van der Waals surface area contributed by atoms with Crippen LogP contribution in [0.3, 0.4) is 0 Å². The second kappa shape index (κ2) is 9.67. The van der Waals surface area contributed by atoms with E-state index in [0.717, 1.165) is 0 Å². The minimum Gasteiger partial charge on any atom is -0.457 e. The number of ether oxygens (including phenoxy) is 3. The van der Waals surface area contributed by atoms with Gasteiger partial charge in [0.05, 0.1) is 10.8 Å². The molecule has 1 aliphatic rings. The molecular formula is C19H27NO10. The molecule has 0 saturated carbocycles. The van der Waals surface area contributed by atoms with Gasteiger partial charge >= 0.3 is 11.7 Å². The summed E-state index contributed by atoms with van der Waals surface area (Å²) in [5.74, 6) is -1.30. The molecule has 1 saturated heterocycles. The number of hydrogen-bond acceptors (Lipinski definition) is 10. The molecule has 0 aliphatic carbocycles. The van der Waals surface area contributed by atoms with Gasteiger partial charge in [-0.2, -0.15) is 0 Å². The molecule has 0 amide bonds. The molecule has 1 aromatic carbocycles. The highest BCUT2D eigenvalue weighted by molar-refractivity contribution is 5.72. The SMILES string of the molecule is CC(C)C(=O)OC(c1ccc(OC2OC(O)C(O)C(O)C2O)c([N+](=O)[O-])c1)C(C)C. The van der Waals surface area contributed by atoms with Gasteiger partial charge in [0.15, 0.2) is 12.0 Å². The van der Waals surface area contributed by atoms with Crippen molar-refractivity contribution in [3.63, 3.8) is 0 Å². The number of rotatable bonds is 7. The number of benzene rings is 1. The summed E-state index contributed by atoms with van der Waals surface area (Å²) >= 11 is 0. The van der Waals surface area contributed by atoms with Gasteiger partial charge in [0.2, 0.25) is 6.29 Å². The summed E-state index contributed by atoms with van der Waals surface area (Å²) in [5.41, 5.74) is -0.122. The second-order valence-electron chi connectivity index (χ2n) is 7.73. The Bertz CT molecular complexity index is 768. The lowest BCUT2D eigenvalue weighted by Crippen LogP contribution is -2.59. The van der Waals surface area contributed by atoms with Crippen LogP contribution in [-0.4, -0.2) is 62.2 Å². The monoisotopic (exact) mass is 429 g/mol. The first-order valence-corrected chi connectivity index (χ1v) is 9.47. The smallest absolute Gasteiger partial charge is 0.311 e. The number of nitrogens with zero attached hydrogens (tertiary/aromatic N) is 1. The molecule has 2 rings (SSSR count). The molecule has 6 atom stereocenters. The van der Waals surface area contributed by atoms with Crippen LogP contribution in [0.4, 0.5) is 5.69 Å². The summed E-state index contributed by atoms with van der Waals surface area (Å²) in [6.07, 6.45) is -9.56. The normalized spacial score (nSPS) is 27.7. The molecule has 0 bridgehead atoms. The van der Waals surface area contributed by atoms with Gasteiger partial charge in [-0.15, -0.1) is 0 Å². The van der Waals surface area contributed by atoms with Crippen molar-refractivity contribution < 1.29 is 44.4 Å². The van der Waals surface area contributed by atoms with E-state index in [9.17, 15) is 35.3 Å².